The largest absolute Gasteiger partial charge is 0.410 e. The minimum absolute atomic E-state index is 0.236. The molecule has 0 saturated carbocycles. The molecule has 3 aromatic heterocycles. The minimum Gasteiger partial charge on any atom is -0.410 e. The molecule has 0 aliphatic rings. The minimum atomic E-state index is 0.236. The second kappa shape index (κ2) is 5.65. The first-order valence-electron chi connectivity index (χ1n) is 6.12. The molecule has 0 radical (unpaired) electrons. The van der Waals surface area contributed by atoms with E-state index in [9.17, 15) is 15.6 Å². The van der Waals surface area contributed by atoms with E-state index < -0.39 is 0 Å². The molecule has 0 atom stereocenters. The molecule has 13 nitrogen and oxygen atoms in total. The Labute approximate surface area is 122 Å². The zero-order valence-electron chi connectivity index (χ0n) is 11.2. The monoisotopic (exact) mass is 308 g/mol. The van der Waals surface area contributed by atoms with Gasteiger partial charge in [-0.05, 0) is 15.6 Å². The first-order chi connectivity index (χ1) is 10.6. The third kappa shape index (κ3) is 2.78. The predicted octanol–water partition coefficient (Wildman–Crippen LogP) is -1.62. The molecule has 22 heavy (non-hydrogen) atoms. The lowest BCUT2D eigenvalue weighted by Crippen LogP contribution is -2.26. The lowest BCUT2D eigenvalue weighted by Gasteiger charge is -2.20. The van der Waals surface area contributed by atoms with E-state index >= 15 is 0 Å². The van der Waals surface area contributed by atoms with Crippen LogP contribution >= 0.6 is 0 Å². The summed E-state index contributed by atoms with van der Waals surface area (Å²) in [6.07, 6.45) is 4.20. The normalized spacial score (nSPS) is 11.3. The van der Waals surface area contributed by atoms with Crippen molar-refractivity contribution in [1.29, 1.82) is 0 Å². The van der Waals surface area contributed by atoms with Crippen molar-refractivity contribution in [2.75, 3.05) is 0 Å². The third-order valence-electron chi connectivity index (χ3n) is 2.96. The molecular formula is C9H12N10O3. The van der Waals surface area contributed by atoms with Crippen LogP contribution in [0.5, 0.6) is 0 Å². The van der Waals surface area contributed by atoms with Gasteiger partial charge in [-0.3, -0.25) is 4.90 Å². The van der Waals surface area contributed by atoms with Crippen molar-refractivity contribution in [3.63, 3.8) is 0 Å². The van der Waals surface area contributed by atoms with E-state index in [1.54, 1.807) is 4.90 Å². The fraction of sp³-hybridized carbons (Fsp3) is 0.333. The molecule has 116 valence electrons. The lowest BCUT2D eigenvalue weighted by atomic mass is 10.3. The SMILES string of the molecule is On1nncc1CN(Cc1cnnn1O)Cc1cnnn1O. The number of rotatable bonds is 6. The molecule has 3 rings (SSSR count). The Hall–Kier alpha value is -3.22. The quantitative estimate of drug-likeness (QED) is 0.452. The lowest BCUT2D eigenvalue weighted by molar-refractivity contribution is 0.0962. The maximum absolute atomic E-state index is 9.52. The van der Waals surface area contributed by atoms with Gasteiger partial charge < -0.3 is 15.6 Å². The standard InChI is InChI=1S/C9H12N10O3/c20-17-7(1-10-13-17)4-16(5-8-2-11-14-18(8)21)6-9-3-12-15-19(9)22/h1-3,20-22H,4-6H2. The van der Waals surface area contributed by atoms with Crippen LogP contribution in [0.4, 0.5) is 0 Å². The molecule has 0 unspecified atom stereocenters. The maximum Gasteiger partial charge on any atom is 0.114 e. The fourth-order valence-corrected chi connectivity index (χ4v) is 1.92. The van der Waals surface area contributed by atoms with Gasteiger partial charge in [0.1, 0.15) is 17.1 Å². The number of hydrogen-bond donors (Lipinski definition) is 3. The summed E-state index contributed by atoms with van der Waals surface area (Å²) in [5.41, 5.74) is 1.27. The molecule has 0 fully saturated rings. The van der Waals surface area contributed by atoms with Crippen LogP contribution in [0, 0.1) is 0 Å². The Morgan fingerprint density at radius 2 is 1.00 bits per heavy atom. The van der Waals surface area contributed by atoms with Gasteiger partial charge in [-0.25, -0.2) is 0 Å². The van der Waals surface area contributed by atoms with Crippen LogP contribution in [-0.2, 0) is 19.6 Å². The average Bonchev–Trinajstić information content (AvgIpc) is 3.17. The van der Waals surface area contributed by atoms with Crippen molar-refractivity contribution in [1.82, 2.24) is 50.4 Å². The van der Waals surface area contributed by atoms with Crippen LogP contribution in [0.2, 0.25) is 0 Å². The zero-order valence-corrected chi connectivity index (χ0v) is 11.2. The summed E-state index contributed by atoms with van der Waals surface area (Å²) in [6.45, 7) is 0.708. The highest BCUT2D eigenvalue weighted by Crippen LogP contribution is 2.11. The van der Waals surface area contributed by atoms with Crippen LogP contribution in [0.3, 0.4) is 0 Å². The zero-order chi connectivity index (χ0) is 15.5. The summed E-state index contributed by atoms with van der Waals surface area (Å²) >= 11 is 0. The highest BCUT2D eigenvalue weighted by atomic mass is 16.5. The number of nitrogens with zero attached hydrogens (tertiary/aromatic N) is 10. The van der Waals surface area contributed by atoms with E-state index in [1.807, 2.05) is 0 Å². The van der Waals surface area contributed by atoms with Gasteiger partial charge in [0.25, 0.3) is 0 Å². The maximum atomic E-state index is 9.52. The van der Waals surface area contributed by atoms with Gasteiger partial charge in [0.05, 0.1) is 18.6 Å². The van der Waals surface area contributed by atoms with E-state index in [0.717, 1.165) is 0 Å². The average molecular weight is 308 g/mol. The first kappa shape index (κ1) is 13.7. The van der Waals surface area contributed by atoms with Gasteiger partial charge in [0.15, 0.2) is 0 Å². The van der Waals surface area contributed by atoms with Crippen LogP contribution in [0.15, 0.2) is 18.6 Å². The molecule has 0 aliphatic heterocycles. The number of aromatic nitrogens is 9. The predicted molar refractivity (Wildman–Crippen MR) is 64.6 cm³/mol. The Morgan fingerprint density at radius 3 is 1.23 bits per heavy atom. The van der Waals surface area contributed by atoms with Crippen molar-refractivity contribution in [2.45, 2.75) is 19.6 Å². The van der Waals surface area contributed by atoms with E-state index in [-0.39, 0.29) is 19.6 Å². The summed E-state index contributed by atoms with van der Waals surface area (Å²) in [5.74, 6) is 0. The highest BCUT2D eigenvalue weighted by Gasteiger charge is 2.17. The molecule has 3 heterocycles. The van der Waals surface area contributed by atoms with Crippen molar-refractivity contribution in [3.8, 4) is 0 Å². The van der Waals surface area contributed by atoms with Gasteiger partial charge >= 0.3 is 0 Å². The molecule has 3 aromatic rings. The van der Waals surface area contributed by atoms with Gasteiger partial charge in [-0.1, -0.05) is 14.5 Å². The van der Waals surface area contributed by atoms with Gasteiger partial charge in [0.2, 0.25) is 0 Å². The molecule has 0 aliphatic carbocycles. The van der Waals surface area contributed by atoms with E-state index in [0.29, 0.717) is 31.6 Å². The molecule has 0 spiro atoms. The highest BCUT2D eigenvalue weighted by molar-refractivity contribution is 4.99. The molecule has 0 aromatic carbocycles. The summed E-state index contributed by atoms with van der Waals surface area (Å²) < 4.78 is 0. The topological polar surface area (TPSA) is 156 Å². The molecule has 0 bridgehead atoms. The summed E-state index contributed by atoms with van der Waals surface area (Å²) in [6, 6.07) is 0. The Morgan fingerprint density at radius 1 is 0.682 bits per heavy atom. The molecule has 0 amide bonds. The molecule has 3 N–H and O–H groups in total. The van der Waals surface area contributed by atoms with E-state index in [1.165, 1.54) is 18.6 Å². The molecule has 0 saturated heterocycles. The summed E-state index contributed by atoms with van der Waals surface area (Å²) in [5, 5.41) is 49.6. The van der Waals surface area contributed by atoms with Crippen LogP contribution in [-0.4, -0.2) is 66.0 Å². The first-order valence-corrected chi connectivity index (χ1v) is 6.12. The summed E-state index contributed by atoms with van der Waals surface area (Å²) in [4.78, 5) is 3.71. The Kier molecular flexibility index (Phi) is 3.53. The molecule has 13 heteroatoms. The third-order valence-corrected chi connectivity index (χ3v) is 2.96. The van der Waals surface area contributed by atoms with Crippen LogP contribution in [0.25, 0.3) is 0 Å². The second-order valence-corrected chi connectivity index (χ2v) is 4.49. The smallest absolute Gasteiger partial charge is 0.114 e. The Balaban J connectivity index is 1.80. The molecular weight excluding hydrogens is 296 g/mol. The van der Waals surface area contributed by atoms with Crippen LogP contribution in [0.1, 0.15) is 17.1 Å². The van der Waals surface area contributed by atoms with Gasteiger partial charge in [-0.2, -0.15) is 0 Å². The van der Waals surface area contributed by atoms with Crippen LogP contribution < -0.4 is 0 Å². The van der Waals surface area contributed by atoms with Gasteiger partial charge in [-0.15, -0.1) is 15.3 Å². The fourth-order valence-electron chi connectivity index (χ4n) is 1.92. The summed E-state index contributed by atoms with van der Waals surface area (Å²) in [7, 11) is 0. The van der Waals surface area contributed by atoms with Gasteiger partial charge in [0, 0.05) is 19.6 Å². The van der Waals surface area contributed by atoms with Crippen molar-refractivity contribution in [3.05, 3.63) is 35.7 Å². The van der Waals surface area contributed by atoms with E-state index in [2.05, 4.69) is 30.9 Å². The van der Waals surface area contributed by atoms with Crippen molar-refractivity contribution < 1.29 is 15.6 Å². The van der Waals surface area contributed by atoms with Crippen molar-refractivity contribution in [2.24, 2.45) is 0 Å². The van der Waals surface area contributed by atoms with E-state index in [4.69, 9.17) is 0 Å². The van der Waals surface area contributed by atoms with Crippen molar-refractivity contribution >= 4 is 0 Å². The number of hydrogen-bond acceptors (Lipinski definition) is 10. The Bertz CT molecular complexity index is 648. The second-order valence-electron chi connectivity index (χ2n) is 4.49.